The van der Waals surface area contributed by atoms with Gasteiger partial charge in [0.2, 0.25) is 0 Å². The fourth-order valence-electron chi connectivity index (χ4n) is 7.73. The SMILES string of the molecule is CC(C)OC(=O)[C@H](C)NP(=O)(Cl)Oc1cccc2ccccc12.CC(C)OC(=O)[C@H](C)NP(=O)(OC[C@@]1(F)O[C@@H](n2ccc(=O)[nH]c2=O)[C@](C)(O)[C@@H]1O)Oc1cccc2ccccc12.O=P(Cl)(Cl)Cl.O=P(Cl)(Cl)Oc1cccc2ccccc12.S. The van der Waals surface area contributed by atoms with Gasteiger partial charge in [-0.05, 0) is 117 Å². The summed E-state index contributed by atoms with van der Waals surface area (Å²) in [5, 5.41) is 28.1. The Balaban J connectivity index is 0.000000293. The third kappa shape index (κ3) is 22.4. The molecule has 1 saturated heterocycles. The highest BCUT2D eigenvalue weighted by Gasteiger charge is 2.64. The lowest BCUT2D eigenvalue weighted by molar-refractivity contribution is -0.204. The number of aromatic amines is 1. The van der Waals surface area contributed by atoms with E-state index in [1.807, 2.05) is 65.6 Å². The predicted molar refractivity (Wildman–Crippen MR) is 335 cm³/mol. The third-order valence-corrected chi connectivity index (χ3v) is 15.4. The number of aromatic nitrogens is 2. The second-order valence-electron chi connectivity index (χ2n) is 18.8. The van der Waals surface area contributed by atoms with Crippen LogP contribution in [0.15, 0.2) is 149 Å². The predicted octanol–water partition coefficient (Wildman–Crippen LogP) is 14.4. The first-order valence-electron chi connectivity index (χ1n) is 24.8. The van der Waals surface area contributed by atoms with Crippen LogP contribution in [-0.4, -0.2) is 80.2 Å². The van der Waals surface area contributed by atoms with Gasteiger partial charge in [-0.25, -0.2) is 28.0 Å². The van der Waals surface area contributed by atoms with Crippen molar-refractivity contribution in [1.82, 2.24) is 19.7 Å². The van der Waals surface area contributed by atoms with Gasteiger partial charge >= 0.3 is 43.5 Å². The maximum absolute atomic E-state index is 16.1. The Morgan fingerprint density at radius 2 is 1.04 bits per heavy atom. The summed E-state index contributed by atoms with van der Waals surface area (Å²) < 4.78 is 101. The first-order chi connectivity index (χ1) is 39.0. The normalized spacial score (nSPS) is 19.6. The van der Waals surface area contributed by atoms with E-state index in [4.69, 9.17) is 66.0 Å². The van der Waals surface area contributed by atoms with E-state index in [1.165, 1.54) is 19.9 Å². The molecule has 0 bridgehead atoms. The van der Waals surface area contributed by atoms with Crippen LogP contribution >= 0.6 is 107 Å². The number of nitrogens with zero attached hydrogens (tertiary/aromatic N) is 1. The molecule has 0 amide bonds. The minimum Gasteiger partial charge on any atom is -0.462 e. The zero-order chi connectivity index (χ0) is 62.6. The minimum absolute atomic E-state index is 0. The van der Waals surface area contributed by atoms with E-state index in [1.54, 1.807) is 88.4 Å². The largest absolute Gasteiger partial charge is 0.462 e. The van der Waals surface area contributed by atoms with Crippen molar-refractivity contribution in [3.8, 4) is 17.2 Å². The van der Waals surface area contributed by atoms with Crippen LogP contribution in [-0.2, 0) is 46.6 Å². The van der Waals surface area contributed by atoms with Crippen LogP contribution in [0.25, 0.3) is 32.3 Å². The Morgan fingerprint density at radius 3 is 1.45 bits per heavy atom. The van der Waals surface area contributed by atoms with E-state index in [-0.39, 0.29) is 25.3 Å². The summed E-state index contributed by atoms with van der Waals surface area (Å²) in [7, 11) is -4.65. The summed E-state index contributed by atoms with van der Waals surface area (Å²) in [5.41, 5.74) is -4.20. The number of nitrogens with one attached hydrogen (secondary N) is 3. The molecule has 0 radical (unpaired) electrons. The van der Waals surface area contributed by atoms with Crippen molar-refractivity contribution in [3.05, 3.63) is 160 Å². The molecule has 0 saturated carbocycles. The number of aliphatic hydroxyl groups is 2. The number of esters is 2. The van der Waals surface area contributed by atoms with Crippen LogP contribution in [0.2, 0.25) is 0 Å². The molecule has 2 heterocycles. The van der Waals surface area contributed by atoms with Crippen molar-refractivity contribution >= 4 is 151 Å². The van der Waals surface area contributed by atoms with E-state index in [2.05, 4.69) is 43.9 Å². The van der Waals surface area contributed by atoms with Crippen molar-refractivity contribution in [2.45, 2.75) is 96.5 Å². The number of carbonyl (C=O) groups is 2. The van der Waals surface area contributed by atoms with Crippen LogP contribution in [0, 0.1) is 0 Å². The molecule has 8 atom stereocenters. The lowest BCUT2D eigenvalue weighted by Crippen LogP contribution is -2.50. The molecule has 1 aliphatic heterocycles. The first kappa shape index (κ1) is 73.3. The Bertz CT molecular complexity index is 3750. The van der Waals surface area contributed by atoms with E-state index in [9.17, 15) is 47.7 Å². The fourth-order valence-corrected chi connectivity index (χ4v) is 11.8. The average molecular weight is 1400 g/mol. The second kappa shape index (κ2) is 31.3. The quantitative estimate of drug-likeness (QED) is 0.0394. The van der Waals surface area contributed by atoms with Crippen LogP contribution in [0.1, 0.15) is 54.7 Å². The Hall–Kier alpha value is -4.18. The highest BCUT2D eigenvalue weighted by atomic mass is 36.0. The highest BCUT2D eigenvalue weighted by molar-refractivity contribution is 8.24. The standard InChI is InChI=1S/C26H31FN3O10P.C16H19ClNO4P.C10H7Cl2O2P.Cl3OP.H2S/c1-15(2)38-21(32)16(3)29-41(36,40-19-11-7-9-17-8-5-6-10-18(17)19)37-14-26(27)22(33)25(4,35)23(39-26)30-13-12-20(31)28-24(30)34;1-11(2)21-16(19)12(3)18-23(17,20)22-15-10-6-8-13-7-4-5-9-14(13)15;11-15(12,13)14-10-7-3-5-8-4-1-2-6-9(8)10;1-5(2,3)4;/h5-13,15-16,22-23,33,35H,14H2,1-4H3,(H,29,36)(H,28,31,34);4-12H,1-3H3,(H,18,20);1-7H;;1H2/t16-,22-,23+,25+,26+,41?;12-,23?;;;/m00.../s1. The number of halogens is 7. The number of benzene rings is 6. The molecule has 33 heteroatoms. The molecule has 0 spiro atoms. The number of aliphatic hydroxyl groups excluding tert-OH is 1. The van der Waals surface area contributed by atoms with Crippen molar-refractivity contribution in [3.63, 3.8) is 0 Å². The van der Waals surface area contributed by atoms with Crippen LogP contribution in [0.4, 0.5) is 4.39 Å². The number of hydrogen-bond donors (Lipinski definition) is 5. The minimum atomic E-state index is -4.65. The van der Waals surface area contributed by atoms with E-state index in [0.717, 1.165) is 46.1 Å². The number of alkyl halides is 1. The van der Waals surface area contributed by atoms with Gasteiger partial charge in [-0.2, -0.15) is 18.6 Å². The van der Waals surface area contributed by atoms with Gasteiger partial charge < -0.3 is 38.0 Å². The van der Waals surface area contributed by atoms with Crippen LogP contribution in [0.3, 0.4) is 0 Å². The number of H-pyrrole nitrogens is 1. The van der Waals surface area contributed by atoms with Gasteiger partial charge in [0.25, 0.3) is 11.4 Å². The molecule has 21 nitrogen and oxygen atoms in total. The van der Waals surface area contributed by atoms with Gasteiger partial charge in [0, 0.05) is 62.1 Å². The number of carbonyl (C=O) groups excluding carboxylic acids is 2. The Labute approximate surface area is 523 Å². The summed E-state index contributed by atoms with van der Waals surface area (Å²) in [6, 6.07) is 36.6. The lowest BCUT2D eigenvalue weighted by Gasteiger charge is -2.29. The lowest BCUT2D eigenvalue weighted by atomic mass is 9.95. The molecule has 7 aromatic rings. The molecule has 8 rings (SSSR count). The van der Waals surface area contributed by atoms with Crippen molar-refractivity contribution in [2.75, 3.05) is 6.61 Å². The van der Waals surface area contributed by atoms with Crippen LogP contribution in [0.5, 0.6) is 17.2 Å². The van der Waals surface area contributed by atoms with Gasteiger partial charge in [0.1, 0.15) is 47.6 Å². The van der Waals surface area contributed by atoms with Crippen molar-refractivity contribution < 1.29 is 74.8 Å². The summed E-state index contributed by atoms with van der Waals surface area (Å²) in [4.78, 5) is 49.9. The Kier molecular flexibility index (Phi) is 27.0. The molecule has 0 aliphatic carbocycles. The number of ether oxygens (including phenoxy) is 3. The van der Waals surface area contributed by atoms with Gasteiger partial charge in [0.05, 0.1) is 12.2 Å². The van der Waals surface area contributed by atoms with E-state index >= 15 is 4.39 Å². The molecule has 464 valence electrons. The molecule has 1 aromatic heterocycles. The molecule has 2 unspecified atom stereocenters. The van der Waals surface area contributed by atoms with Gasteiger partial charge in [-0.3, -0.25) is 33.0 Å². The molecule has 1 fully saturated rings. The van der Waals surface area contributed by atoms with Gasteiger partial charge in [0.15, 0.2) is 6.23 Å². The number of hydrogen-bond acceptors (Lipinski definition) is 17. The van der Waals surface area contributed by atoms with E-state index in [0.29, 0.717) is 21.5 Å². The molecular weight excluding hydrogens is 1340 g/mol. The van der Waals surface area contributed by atoms with Crippen LogP contribution < -0.4 is 35.0 Å². The molecule has 5 N–H and O–H groups in total. The Morgan fingerprint density at radius 1 is 0.647 bits per heavy atom. The maximum Gasteiger partial charge on any atom is 0.459 e. The smallest absolute Gasteiger partial charge is 0.459 e. The van der Waals surface area contributed by atoms with Crippen molar-refractivity contribution in [2.24, 2.45) is 0 Å². The molecule has 1 aliphatic rings. The topological polar surface area (TPSA) is 286 Å². The van der Waals surface area contributed by atoms with Gasteiger partial charge in [-0.1, -0.05) is 109 Å². The molecule has 85 heavy (non-hydrogen) atoms. The second-order valence-corrected chi connectivity index (χ2v) is 34.1. The number of rotatable bonds is 18. The summed E-state index contributed by atoms with van der Waals surface area (Å²) in [5.74, 6) is -3.67. The molecule has 6 aromatic carbocycles. The molecular formula is C52H59Cl6FN4O17P4S. The number of fused-ring (bicyclic) bond motifs is 3. The van der Waals surface area contributed by atoms with Crippen molar-refractivity contribution in [1.29, 1.82) is 0 Å². The third-order valence-electron chi connectivity index (χ3n) is 11.3. The zero-order valence-corrected chi connectivity index (χ0v) is 55.0. The van der Waals surface area contributed by atoms with Gasteiger partial charge in [-0.15, -0.1) is 0 Å². The first-order valence-corrected chi connectivity index (χ1v) is 36.7. The monoisotopic (exact) mass is 1400 g/mol. The summed E-state index contributed by atoms with van der Waals surface area (Å²) in [6.07, 6.45) is -7.49. The summed E-state index contributed by atoms with van der Waals surface area (Å²) >= 11 is 30.5. The highest BCUT2D eigenvalue weighted by Crippen LogP contribution is 2.61. The maximum atomic E-state index is 16.1. The summed E-state index contributed by atoms with van der Waals surface area (Å²) in [6.45, 7) is 5.54. The zero-order valence-electron chi connectivity index (χ0n) is 45.9. The van der Waals surface area contributed by atoms with E-state index < -0.39 is 97.7 Å². The fraction of sp³-hybridized carbons (Fsp3) is 0.308. The average Bonchev–Trinajstić information content (AvgIpc) is 1.67.